The van der Waals surface area contributed by atoms with Crippen molar-refractivity contribution in [3.8, 4) is 5.75 Å². The Morgan fingerprint density at radius 3 is 3.00 bits per heavy atom. The molecule has 1 N–H and O–H groups in total. The van der Waals surface area contributed by atoms with Crippen LogP contribution in [0.5, 0.6) is 5.75 Å². The molecule has 0 amide bonds. The van der Waals surface area contributed by atoms with Crippen molar-refractivity contribution in [1.29, 1.82) is 0 Å². The standard InChI is InChI=1S/C14H19N3O/c1-12(15-2)13-5-3-6-14(11-13)18-10-9-17-8-4-7-16-17/h3-8,11-12,15H,9-10H2,1-2H3. The first-order chi connectivity index (χ1) is 8.79. The molecule has 1 aromatic carbocycles. The summed E-state index contributed by atoms with van der Waals surface area (Å²) >= 11 is 0. The molecule has 0 aliphatic carbocycles. The third kappa shape index (κ3) is 3.34. The summed E-state index contributed by atoms with van der Waals surface area (Å²) in [5, 5.41) is 7.35. The number of hydrogen-bond donors (Lipinski definition) is 1. The highest BCUT2D eigenvalue weighted by Crippen LogP contribution is 2.18. The maximum atomic E-state index is 5.73. The van der Waals surface area contributed by atoms with Gasteiger partial charge in [-0.15, -0.1) is 0 Å². The number of aromatic nitrogens is 2. The molecule has 1 aromatic heterocycles. The molecule has 0 aliphatic heterocycles. The first kappa shape index (κ1) is 12.6. The van der Waals surface area contributed by atoms with E-state index in [0.717, 1.165) is 12.3 Å². The fourth-order valence-corrected chi connectivity index (χ4v) is 1.73. The summed E-state index contributed by atoms with van der Waals surface area (Å²) in [5.41, 5.74) is 1.23. The highest BCUT2D eigenvalue weighted by atomic mass is 16.5. The molecule has 4 nitrogen and oxygen atoms in total. The third-order valence-electron chi connectivity index (χ3n) is 2.94. The van der Waals surface area contributed by atoms with Crippen molar-refractivity contribution in [1.82, 2.24) is 15.1 Å². The largest absolute Gasteiger partial charge is 0.492 e. The van der Waals surface area contributed by atoms with E-state index in [1.165, 1.54) is 5.56 Å². The predicted molar refractivity (Wildman–Crippen MR) is 71.6 cm³/mol. The van der Waals surface area contributed by atoms with Crippen LogP contribution in [-0.2, 0) is 6.54 Å². The van der Waals surface area contributed by atoms with Gasteiger partial charge in [0, 0.05) is 18.4 Å². The number of rotatable bonds is 6. The number of benzene rings is 1. The van der Waals surface area contributed by atoms with E-state index in [4.69, 9.17) is 4.74 Å². The van der Waals surface area contributed by atoms with Crippen LogP contribution in [0.25, 0.3) is 0 Å². The molecule has 2 rings (SSSR count). The van der Waals surface area contributed by atoms with Crippen LogP contribution >= 0.6 is 0 Å². The van der Waals surface area contributed by atoms with E-state index in [1.54, 1.807) is 6.20 Å². The lowest BCUT2D eigenvalue weighted by Crippen LogP contribution is -2.12. The third-order valence-corrected chi connectivity index (χ3v) is 2.94. The van der Waals surface area contributed by atoms with Gasteiger partial charge in [-0.3, -0.25) is 4.68 Å². The predicted octanol–water partition coefficient (Wildman–Crippen LogP) is 2.24. The van der Waals surface area contributed by atoms with Crippen molar-refractivity contribution < 1.29 is 4.74 Å². The summed E-state index contributed by atoms with van der Waals surface area (Å²) in [4.78, 5) is 0. The fraction of sp³-hybridized carbons (Fsp3) is 0.357. The van der Waals surface area contributed by atoms with Crippen LogP contribution in [0.2, 0.25) is 0 Å². The lowest BCUT2D eigenvalue weighted by Gasteiger charge is -2.12. The van der Waals surface area contributed by atoms with Crippen molar-refractivity contribution in [2.45, 2.75) is 19.5 Å². The highest BCUT2D eigenvalue weighted by molar-refractivity contribution is 5.30. The van der Waals surface area contributed by atoms with Crippen LogP contribution in [0, 0.1) is 0 Å². The topological polar surface area (TPSA) is 39.1 Å². The number of ether oxygens (including phenoxy) is 1. The van der Waals surface area contributed by atoms with Crippen molar-refractivity contribution in [3.63, 3.8) is 0 Å². The molecule has 0 saturated heterocycles. The smallest absolute Gasteiger partial charge is 0.119 e. The van der Waals surface area contributed by atoms with Crippen LogP contribution in [-0.4, -0.2) is 23.4 Å². The lowest BCUT2D eigenvalue weighted by molar-refractivity contribution is 0.291. The Balaban J connectivity index is 1.89. The van der Waals surface area contributed by atoms with Crippen molar-refractivity contribution >= 4 is 0 Å². The van der Waals surface area contributed by atoms with E-state index in [2.05, 4.69) is 29.5 Å². The molecule has 0 radical (unpaired) electrons. The van der Waals surface area contributed by atoms with Gasteiger partial charge >= 0.3 is 0 Å². The maximum Gasteiger partial charge on any atom is 0.119 e. The zero-order chi connectivity index (χ0) is 12.8. The molecule has 0 bridgehead atoms. The summed E-state index contributed by atoms with van der Waals surface area (Å²) in [6.07, 6.45) is 3.71. The molecule has 1 unspecified atom stereocenters. The minimum Gasteiger partial charge on any atom is -0.492 e. The molecular weight excluding hydrogens is 226 g/mol. The van der Waals surface area contributed by atoms with Gasteiger partial charge in [0.2, 0.25) is 0 Å². The van der Waals surface area contributed by atoms with Gasteiger partial charge in [-0.1, -0.05) is 12.1 Å². The lowest BCUT2D eigenvalue weighted by atomic mass is 10.1. The van der Waals surface area contributed by atoms with Gasteiger partial charge in [0.25, 0.3) is 0 Å². The van der Waals surface area contributed by atoms with E-state index in [9.17, 15) is 0 Å². The summed E-state index contributed by atoms with van der Waals surface area (Å²) in [5.74, 6) is 0.904. The van der Waals surface area contributed by atoms with Gasteiger partial charge in [-0.05, 0) is 37.7 Å². The normalized spacial score (nSPS) is 12.3. The Morgan fingerprint density at radius 1 is 1.39 bits per heavy atom. The number of nitrogens with zero attached hydrogens (tertiary/aromatic N) is 2. The Hall–Kier alpha value is -1.81. The zero-order valence-corrected chi connectivity index (χ0v) is 10.8. The average Bonchev–Trinajstić information content (AvgIpc) is 2.91. The van der Waals surface area contributed by atoms with E-state index >= 15 is 0 Å². The van der Waals surface area contributed by atoms with Gasteiger partial charge in [-0.25, -0.2) is 0 Å². The summed E-state index contributed by atoms with van der Waals surface area (Å²) in [6, 6.07) is 10.4. The van der Waals surface area contributed by atoms with E-state index in [0.29, 0.717) is 12.6 Å². The Bertz CT molecular complexity index is 468. The summed E-state index contributed by atoms with van der Waals surface area (Å²) in [6.45, 7) is 3.51. The zero-order valence-electron chi connectivity index (χ0n) is 10.8. The van der Waals surface area contributed by atoms with Crippen molar-refractivity contribution in [2.75, 3.05) is 13.7 Å². The Labute approximate surface area is 108 Å². The quantitative estimate of drug-likeness (QED) is 0.848. The van der Waals surface area contributed by atoms with Gasteiger partial charge in [0.05, 0.1) is 6.54 Å². The minimum atomic E-state index is 0.333. The van der Waals surface area contributed by atoms with Gasteiger partial charge in [-0.2, -0.15) is 5.10 Å². The molecule has 2 aromatic rings. The number of nitrogens with one attached hydrogen (secondary N) is 1. The second-order valence-electron chi connectivity index (χ2n) is 4.20. The molecule has 1 atom stereocenters. The van der Waals surface area contributed by atoms with Gasteiger partial charge in [0.1, 0.15) is 12.4 Å². The van der Waals surface area contributed by atoms with Crippen LogP contribution in [0.3, 0.4) is 0 Å². The summed E-state index contributed by atoms with van der Waals surface area (Å²) in [7, 11) is 1.95. The molecule has 96 valence electrons. The first-order valence-electron chi connectivity index (χ1n) is 6.17. The van der Waals surface area contributed by atoms with Crippen molar-refractivity contribution in [2.24, 2.45) is 0 Å². The molecular formula is C14H19N3O. The molecule has 0 saturated carbocycles. The number of hydrogen-bond acceptors (Lipinski definition) is 3. The van der Waals surface area contributed by atoms with Gasteiger partial charge in [0.15, 0.2) is 0 Å². The Kier molecular flexibility index (Phi) is 4.36. The second kappa shape index (κ2) is 6.21. The maximum absolute atomic E-state index is 5.73. The molecule has 4 heteroatoms. The highest BCUT2D eigenvalue weighted by Gasteiger charge is 2.03. The minimum absolute atomic E-state index is 0.333. The Morgan fingerprint density at radius 2 is 2.28 bits per heavy atom. The second-order valence-corrected chi connectivity index (χ2v) is 4.20. The van der Waals surface area contributed by atoms with E-state index in [1.807, 2.05) is 36.1 Å². The summed E-state index contributed by atoms with van der Waals surface area (Å²) < 4.78 is 7.59. The average molecular weight is 245 g/mol. The molecule has 0 aliphatic rings. The molecule has 0 fully saturated rings. The SMILES string of the molecule is CNC(C)c1cccc(OCCn2cccn2)c1. The molecule has 1 heterocycles. The van der Waals surface area contributed by atoms with E-state index < -0.39 is 0 Å². The monoisotopic (exact) mass is 245 g/mol. The van der Waals surface area contributed by atoms with Crippen LogP contribution in [0.15, 0.2) is 42.7 Å². The van der Waals surface area contributed by atoms with Crippen LogP contribution in [0.4, 0.5) is 0 Å². The fourth-order valence-electron chi connectivity index (χ4n) is 1.73. The van der Waals surface area contributed by atoms with Crippen LogP contribution in [0.1, 0.15) is 18.5 Å². The van der Waals surface area contributed by atoms with E-state index in [-0.39, 0.29) is 0 Å². The molecule has 18 heavy (non-hydrogen) atoms. The van der Waals surface area contributed by atoms with Crippen molar-refractivity contribution in [3.05, 3.63) is 48.3 Å². The van der Waals surface area contributed by atoms with Crippen LogP contribution < -0.4 is 10.1 Å². The first-order valence-corrected chi connectivity index (χ1v) is 6.17. The molecule has 0 spiro atoms. The van der Waals surface area contributed by atoms with Gasteiger partial charge < -0.3 is 10.1 Å².